The molecule has 0 saturated carbocycles. The van der Waals surface area contributed by atoms with Crippen molar-refractivity contribution in [1.82, 2.24) is 10.3 Å². The summed E-state index contributed by atoms with van der Waals surface area (Å²) >= 11 is 1.16. The molecular weight excluding hydrogens is 228 g/mol. The average molecular weight is 242 g/mol. The molecule has 1 heterocycles. The molecule has 0 spiro atoms. The second-order valence-electron chi connectivity index (χ2n) is 3.28. The highest BCUT2D eigenvalue weighted by atomic mass is 32.1. The molecule has 1 aromatic heterocycles. The maximum atomic E-state index is 11.0. The zero-order valence-electron chi connectivity index (χ0n) is 9.24. The molecule has 0 fully saturated rings. The summed E-state index contributed by atoms with van der Waals surface area (Å²) in [7, 11) is 0. The predicted molar refractivity (Wildman–Crippen MR) is 60.8 cm³/mol. The van der Waals surface area contributed by atoms with Gasteiger partial charge in [-0.1, -0.05) is 6.92 Å². The van der Waals surface area contributed by atoms with E-state index in [9.17, 15) is 9.59 Å². The van der Waals surface area contributed by atoms with Crippen LogP contribution < -0.4 is 5.32 Å². The lowest BCUT2D eigenvalue weighted by atomic mass is 10.4. The van der Waals surface area contributed by atoms with E-state index in [0.29, 0.717) is 25.1 Å². The fourth-order valence-electron chi connectivity index (χ4n) is 1.19. The Bertz CT molecular complexity index is 401. The summed E-state index contributed by atoms with van der Waals surface area (Å²) in [5, 5.41) is 12.3. The van der Waals surface area contributed by atoms with Gasteiger partial charge in [0.15, 0.2) is 0 Å². The Morgan fingerprint density at radius 1 is 1.50 bits per heavy atom. The first-order valence-corrected chi connectivity index (χ1v) is 5.82. The van der Waals surface area contributed by atoms with Crippen LogP contribution in [0.3, 0.4) is 0 Å². The molecule has 0 aliphatic heterocycles. The molecule has 0 aliphatic rings. The van der Waals surface area contributed by atoms with Crippen LogP contribution >= 0.6 is 11.3 Å². The van der Waals surface area contributed by atoms with E-state index in [1.54, 1.807) is 13.8 Å². The van der Waals surface area contributed by atoms with Crippen molar-refractivity contribution in [1.29, 1.82) is 0 Å². The largest absolute Gasteiger partial charge is 0.477 e. The van der Waals surface area contributed by atoms with E-state index in [2.05, 4.69) is 10.3 Å². The zero-order valence-corrected chi connectivity index (χ0v) is 10.1. The summed E-state index contributed by atoms with van der Waals surface area (Å²) in [4.78, 5) is 26.1. The van der Waals surface area contributed by atoms with E-state index >= 15 is 0 Å². The van der Waals surface area contributed by atoms with Crippen LogP contribution in [-0.2, 0) is 11.2 Å². The smallest absolute Gasteiger partial charge is 0.347 e. The molecule has 0 bridgehead atoms. The van der Waals surface area contributed by atoms with E-state index in [1.807, 2.05) is 0 Å². The van der Waals surface area contributed by atoms with Crippen molar-refractivity contribution in [3.8, 4) is 0 Å². The summed E-state index contributed by atoms with van der Waals surface area (Å²) in [5.41, 5.74) is 0.536. The highest BCUT2D eigenvalue weighted by Crippen LogP contribution is 2.17. The number of carboxylic acid groups (broad SMARTS) is 1. The summed E-state index contributed by atoms with van der Waals surface area (Å²) in [6.07, 6.45) is 1.03. The van der Waals surface area contributed by atoms with Crippen LogP contribution in [0.1, 0.15) is 33.7 Å². The number of carbonyl (C=O) groups is 2. The molecular formula is C10H14N2O3S. The zero-order chi connectivity index (χ0) is 12.1. The highest BCUT2D eigenvalue weighted by Gasteiger charge is 2.13. The van der Waals surface area contributed by atoms with Crippen LogP contribution in [0.25, 0.3) is 0 Å². The van der Waals surface area contributed by atoms with Gasteiger partial charge in [-0.3, -0.25) is 4.79 Å². The summed E-state index contributed by atoms with van der Waals surface area (Å²) in [5.74, 6) is -0.953. The number of amides is 1. The normalized spacial score (nSPS) is 10.1. The van der Waals surface area contributed by atoms with Crippen LogP contribution in [0.5, 0.6) is 0 Å². The van der Waals surface area contributed by atoms with Gasteiger partial charge in [0, 0.05) is 19.4 Å². The Morgan fingerprint density at radius 3 is 2.69 bits per heavy atom. The van der Waals surface area contributed by atoms with Crippen molar-refractivity contribution >= 4 is 23.2 Å². The Hall–Kier alpha value is -1.43. The second kappa shape index (κ2) is 5.60. The van der Waals surface area contributed by atoms with Gasteiger partial charge >= 0.3 is 5.97 Å². The third kappa shape index (κ3) is 3.30. The number of aromatic nitrogens is 1. The van der Waals surface area contributed by atoms with E-state index in [-0.39, 0.29) is 10.8 Å². The first-order valence-electron chi connectivity index (χ1n) is 5.01. The van der Waals surface area contributed by atoms with E-state index in [4.69, 9.17) is 5.11 Å². The van der Waals surface area contributed by atoms with Gasteiger partial charge in [0.05, 0.1) is 10.7 Å². The Morgan fingerprint density at radius 2 is 2.19 bits per heavy atom. The van der Waals surface area contributed by atoms with Crippen LogP contribution in [0.15, 0.2) is 0 Å². The second-order valence-corrected chi connectivity index (χ2v) is 4.36. The SMILES string of the molecule is CCC(=O)NCCc1nc(C)c(C(=O)O)s1. The van der Waals surface area contributed by atoms with Crippen LogP contribution in [0.2, 0.25) is 0 Å². The quantitative estimate of drug-likeness (QED) is 0.813. The van der Waals surface area contributed by atoms with Gasteiger partial charge < -0.3 is 10.4 Å². The van der Waals surface area contributed by atoms with Crippen molar-refractivity contribution < 1.29 is 14.7 Å². The van der Waals surface area contributed by atoms with E-state index in [1.165, 1.54) is 0 Å². The van der Waals surface area contributed by atoms with E-state index < -0.39 is 5.97 Å². The Kier molecular flexibility index (Phi) is 4.42. The molecule has 16 heavy (non-hydrogen) atoms. The monoisotopic (exact) mass is 242 g/mol. The van der Waals surface area contributed by atoms with Crippen LogP contribution in [0, 0.1) is 6.92 Å². The average Bonchev–Trinajstić information content (AvgIpc) is 2.59. The molecule has 0 radical (unpaired) electrons. The molecule has 0 aliphatic carbocycles. The third-order valence-corrected chi connectivity index (χ3v) is 3.22. The predicted octanol–water partition coefficient (Wildman–Crippen LogP) is 1.22. The number of carbonyl (C=O) groups excluding carboxylic acids is 1. The molecule has 1 amide bonds. The number of hydrogen-bond acceptors (Lipinski definition) is 4. The third-order valence-electron chi connectivity index (χ3n) is 2.02. The van der Waals surface area contributed by atoms with Crippen molar-refractivity contribution in [3.63, 3.8) is 0 Å². The lowest BCUT2D eigenvalue weighted by molar-refractivity contribution is -0.120. The number of hydrogen-bond donors (Lipinski definition) is 2. The number of aromatic carboxylic acids is 1. The number of nitrogens with one attached hydrogen (secondary N) is 1. The maximum absolute atomic E-state index is 11.0. The topological polar surface area (TPSA) is 79.3 Å². The lowest BCUT2D eigenvalue weighted by Crippen LogP contribution is -2.24. The van der Waals surface area contributed by atoms with Gasteiger partial charge in [-0.15, -0.1) is 11.3 Å². The molecule has 1 aromatic rings. The maximum Gasteiger partial charge on any atom is 0.347 e. The molecule has 0 unspecified atom stereocenters. The molecule has 0 aromatic carbocycles. The number of aryl methyl sites for hydroxylation is 1. The van der Waals surface area contributed by atoms with Gasteiger partial charge in [0.2, 0.25) is 5.91 Å². The molecule has 5 nitrogen and oxygen atoms in total. The number of nitrogens with zero attached hydrogens (tertiary/aromatic N) is 1. The Balaban J connectivity index is 2.52. The minimum absolute atomic E-state index is 0.00765. The van der Waals surface area contributed by atoms with Gasteiger partial charge in [-0.25, -0.2) is 9.78 Å². The number of rotatable bonds is 5. The van der Waals surface area contributed by atoms with Gasteiger partial charge in [0.1, 0.15) is 4.88 Å². The minimum atomic E-state index is -0.946. The Labute approximate surface area is 97.5 Å². The fraction of sp³-hybridized carbons (Fsp3) is 0.500. The molecule has 2 N–H and O–H groups in total. The summed E-state index contributed by atoms with van der Waals surface area (Å²) < 4.78 is 0. The van der Waals surface area contributed by atoms with Crippen molar-refractivity contribution in [3.05, 3.63) is 15.6 Å². The van der Waals surface area contributed by atoms with Gasteiger partial charge in [-0.05, 0) is 6.92 Å². The molecule has 88 valence electrons. The molecule has 0 atom stereocenters. The summed E-state index contributed by atoms with van der Waals surface area (Å²) in [6.45, 7) is 3.96. The molecule has 0 saturated heterocycles. The van der Waals surface area contributed by atoms with Crippen LogP contribution in [0.4, 0.5) is 0 Å². The number of thiazole rings is 1. The van der Waals surface area contributed by atoms with Crippen molar-refractivity contribution in [2.45, 2.75) is 26.7 Å². The first kappa shape index (κ1) is 12.6. The van der Waals surface area contributed by atoms with Crippen molar-refractivity contribution in [2.24, 2.45) is 0 Å². The standard InChI is InChI=1S/C10H14N2O3S/c1-3-7(13)11-5-4-8-12-6(2)9(16-8)10(14)15/h3-5H2,1-2H3,(H,11,13)(H,14,15). The van der Waals surface area contributed by atoms with Crippen LogP contribution in [-0.4, -0.2) is 28.5 Å². The minimum Gasteiger partial charge on any atom is -0.477 e. The highest BCUT2D eigenvalue weighted by molar-refractivity contribution is 7.13. The van der Waals surface area contributed by atoms with E-state index in [0.717, 1.165) is 16.3 Å². The molecule has 6 heteroatoms. The first-order chi connectivity index (χ1) is 7.54. The van der Waals surface area contributed by atoms with Gasteiger partial charge in [0.25, 0.3) is 0 Å². The lowest BCUT2D eigenvalue weighted by Gasteiger charge is -2.00. The fourth-order valence-corrected chi connectivity index (χ4v) is 2.09. The summed E-state index contributed by atoms with van der Waals surface area (Å²) in [6, 6.07) is 0. The van der Waals surface area contributed by atoms with Crippen molar-refractivity contribution in [2.75, 3.05) is 6.54 Å². The number of carboxylic acids is 1. The molecule has 1 rings (SSSR count). The van der Waals surface area contributed by atoms with Gasteiger partial charge in [-0.2, -0.15) is 0 Å².